The Morgan fingerprint density at radius 3 is 1.74 bits per heavy atom. The number of carbonyl (C=O) groups excluding carboxylic acids is 2. The number of allylic oxidation sites excluding steroid dienone is 4. The fourth-order valence-corrected chi connectivity index (χ4v) is 5.75. The summed E-state index contributed by atoms with van der Waals surface area (Å²) in [5.41, 5.74) is 0. The van der Waals surface area contributed by atoms with E-state index in [0.717, 1.165) is 64.2 Å². The summed E-state index contributed by atoms with van der Waals surface area (Å²) in [7, 11) is -4.41. The first kappa shape index (κ1) is 45.5. The third-order valence-electron chi connectivity index (χ3n) is 7.88. The molecule has 47 heavy (non-hydrogen) atoms. The van der Waals surface area contributed by atoms with Crippen molar-refractivity contribution in [3.05, 3.63) is 24.3 Å². The second-order valence-electron chi connectivity index (χ2n) is 12.6. The molecule has 0 aliphatic rings. The number of hydrogen-bond acceptors (Lipinski definition) is 7. The van der Waals surface area contributed by atoms with Crippen molar-refractivity contribution in [3.8, 4) is 0 Å². The number of unbranched alkanes of at least 4 members (excludes halogenated alkanes) is 18. The molecule has 0 aromatic carbocycles. The smallest absolute Gasteiger partial charge is 0.463 e. The van der Waals surface area contributed by atoms with Crippen LogP contribution < -0.4 is 5.32 Å². The van der Waals surface area contributed by atoms with Crippen molar-refractivity contribution in [2.75, 3.05) is 26.4 Å². The zero-order valence-electron chi connectivity index (χ0n) is 30.0. The molecular formula is C37H70NO8P. The maximum absolute atomic E-state index is 12.0. The van der Waals surface area contributed by atoms with Crippen LogP contribution in [0.3, 0.4) is 0 Å². The summed E-state index contributed by atoms with van der Waals surface area (Å²) < 4.78 is 26.7. The van der Waals surface area contributed by atoms with E-state index in [4.69, 9.17) is 13.8 Å². The highest BCUT2D eigenvalue weighted by Crippen LogP contribution is 2.42. The van der Waals surface area contributed by atoms with Crippen LogP contribution in [0.25, 0.3) is 0 Å². The predicted molar refractivity (Wildman–Crippen MR) is 192 cm³/mol. The number of amides is 1. The first-order chi connectivity index (χ1) is 22.8. The minimum atomic E-state index is -4.41. The zero-order valence-corrected chi connectivity index (χ0v) is 30.9. The maximum Gasteiger partial charge on any atom is 0.472 e. The molecule has 0 rings (SSSR count). The minimum absolute atomic E-state index is 0.0825. The van der Waals surface area contributed by atoms with E-state index in [1.165, 1.54) is 77.0 Å². The van der Waals surface area contributed by atoms with Crippen molar-refractivity contribution < 1.29 is 37.9 Å². The van der Waals surface area contributed by atoms with Gasteiger partial charge < -0.3 is 20.1 Å². The molecule has 0 heterocycles. The molecule has 2 unspecified atom stereocenters. The number of carbonyl (C=O) groups is 2. The van der Waals surface area contributed by atoms with Crippen molar-refractivity contribution in [3.63, 3.8) is 0 Å². The van der Waals surface area contributed by atoms with Crippen molar-refractivity contribution in [2.24, 2.45) is 0 Å². The monoisotopic (exact) mass is 687 g/mol. The van der Waals surface area contributed by atoms with Gasteiger partial charge in [0.2, 0.25) is 5.91 Å². The number of hydrogen-bond donors (Lipinski definition) is 3. The number of phosphoric ester groups is 1. The molecule has 276 valence electrons. The van der Waals surface area contributed by atoms with E-state index < -0.39 is 26.5 Å². The molecule has 0 spiro atoms. The van der Waals surface area contributed by atoms with E-state index in [1.54, 1.807) is 0 Å². The highest BCUT2D eigenvalue weighted by Gasteiger charge is 2.23. The molecule has 0 fully saturated rings. The van der Waals surface area contributed by atoms with Gasteiger partial charge in [0.25, 0.3) is 0 Å². The van der Waals surface area contributed by atoms with E-state index in [2.05, 4.69) is 43.5 Å². The summed E-state index contributed by atoms with van der Waals surface area (Å²) in [5, 5.41) is 12.6. The van der Waals surface area contributed by atoms with E-state index in [9.17, 15) is 24.2 Å². The SMILES string of the molecule is CCCCC/C=C\C/C=C\CCCCCCCC(=O)OCC(O)COP(=O)(O)OCCNC(=O)CCCCCCCCCCCCC. The Bertz CT molecular complexity index is 835. The summed E-state index contributed by atoms with van der Waals surface area (Å²) in [5.74, 6) is -0.530. The second-order valence-corrected chi connectivity index (χ2v) is 14.0. The van der Waals surface area contributed by atoms with Crippen molar-refractivity contribution in [1.82, 2.24) is 5.32 Å². The molecule has 1 amide bonds. The van der Waals surface area contributed by atoms with E-state index in [0.29, 0.717) is 6.42 Å². The Kier molecular flexibility index (Phi) is 33.3. The highest BCUT2D eigenvalue weighted by molar-refractivity contribution is 7.47. The number of esters is 1. The fraction of sp³-hybridized carbons (Fsp3) is 0.838. The lowest BCUT2D eigenvalue weighted by molar-refractivity contribution is -0.147. The van der Waals surface area contributed by atoms with Gasteiger partial charge in [-0.15, -0.1) is 0 Å². The van der Waals surface area contributed by atoms with Crippen LogP contribution in [0.1, 0.15) is 168 Å². The molecule has 0 saturated carbocycles. The van der Waals surface area contributed by atoms with Gasteiger partial charge in [0.1, 0.15) is 12.7 Å². The van der Waals surface area contributed by atoms with Gasteiger partial charge in [-0.2, -0.15) is 0 Å². The lowest BCUT2D eigenvalue weighted by Crippen LogP contribution is -2.27. The molecule has 0 radical (unpaired) electrons. The predicted octanol–water partition coefficient (Wildman–Crippen LogP) is 9.65. The van der Waals surface area contributed by atoms with Crippen LogP contribution in [-0.2, 0) is 27.9 Å². The minimum Gasteiger partial charge on any atom is -0.463 e. The van der Waals surface area contributed by atoms with Crippen LogP contribution in [0.4, 0.5) is 0 Å². The topological polar surface area (TPSA) is 131 Å². The third-order valence-corrected chi connectivity index (χ3v) is 8.87. The van der Waals surface area contributed by atoms with Gasteiger partial charge in [0, 0.05) is 19.4 Å². The second kappa shape index (κ2) is 34.4. The van der Waals surface area contributed by atoms with E-state index in [1.807, 2.05) is 0 Å². The Morgan fingerprint density at radius 1 is 0.660 bits per heavy atom. The highest BCUT2D eigenvalue weighted by atomic mass is 31.2. The van der Waals surface area contributed by atoms with Gasteiger partial charge in [-0.25, -0.2) is 4.57 Å². The van der Waals surface area contributed by atoms with Crippen LogP contribution in [0.2, 0.25) is 0 Å². The Hall–Kier alpha value is -1.51. The average Bonchev–Trinajstić information content (AvgIpc) is 3.05. The average molecular weight is 688 g/mol. The summed E-state index contributed by atoms with van der Waals surface area (Å²) in [6, 6.07) is 0. The van der Waals surface area contributed by atoms with Crippen molar-refractivity contribution in [1.29, 1.82) is 0 Å². The maximum atomic E-state index is 12.0. The molecule has 0 bridgehead atoms. The number of aliphatic hydroxyl groups is 1. The summed E-state index contributed by atoms with van der Waals surface area (Å²) in [4.78, 5) is 33.7. The summed E-state index contributed by atoms with van der Waals surface area (Å²) in [6.45, 7) is 3.49. The fourth-order valence-electron chi connectivity index (χ4n) is 5.00. The van der Waals surface area contributed by atoms with Gasteiger partial charge >= 0.3 is 13.8 Å². The number of aliphatic hydroxyl groups excluding tert-OH is 1. The quantitative estimate of drug-likeness (QED) is 0.0260. The van der Waals surface area contributed by atoms with Crippen LogP contribution in [0, 0.1) is 0 Å². The van der Waals surface area contributed by atoms with Gasteiger partial charge in [-0.3, -0.25) is 18.6 Å². The van der Waals surface area contributed by atoms with Crippen LogP contribution in [0.15, 0.2) is 24.3 Å². The van der Waals surface area contributed by atoms with Crippen LogP contribution in [0.5, 0.6) is 0 Å². The third kappa shape index (κ3) is 35.6. The Balaban J connectivity index is 3.65. The molecule has 0 aromatic heterocycles. The van der Waals surface area contributed by atoms with Gasteiger partial charge in [-0.05, 0) is 44.9 Å². The van der Waals surface area contributed by atoms with Crippen LogP contribution >= 0.6 is 7.82 Å². The number of rotatable bonds is 35. The Labute approximate surface area is 287 Å². The van der Waals surface area contributed by atoms with Gasteiger partial charge in [0.05, 0.1) is 13.2 Å². The van der Waals surface area contributed by atoms with Gasteiger partial charge in [-0.1, -0.05) is 134 Å². The van der Waals surface area contributed by atoms with E-state index >= 15 is 0 Å². The summed E-state index contributed by atoms with van der Waals surface area (Å²) in [6.07, 6.45) is 33.9. The van der Waals surface area contributed by atoms with Crippen molar-refractivity contribution in [2.45, 2.75) is 174 Å². The van der Waals surface area contributed by atoms with Gasteiger partial charge in [0.15, 0.2) is 0 Å². The number of ether oxygens (including phenoxy) is 1. The Morgan fingerprint density at radius 2 is 1.15 bits per heavy atom. The molecule has 0 aliphatic carbocycles. The van der Waals surface area contributed by atoms with Crippen molar-refractivity contribution >= 4 is 19.7 Å². The first-order valence-electron chi connectivity index (χ1n) is 18.8. The largest absolute Gasteiger partial charge is 0.472 e. The van der Waals surface area contributed by atoms with Crippen LogP contribution in [-0.4, -0.2) is 54.3 Å². The molecule has 0 aliphatic heterocycles. The van der Waals surface area contributed by atoms with E-state index in [-0.39, 0.29) is 32.1 Å². The number of nitrogens with one attached hydrogen (secondary N) is 1. The standard InChI is InChI=1S/C37H70NO8P/c1-3-5-7-9-11-13-15-16-17-18-20-22-24-26-28-30-37(41)44-33-35(39)34-46-47(42,43)45-32-31-38-36(40)29-27-25-23-21-19-14-12-10-8-6-4-2/h11,13,16-17,35,39H,3-10,12,14-15,18-34H2,1-2H3,(H,38,40)(H,42,43)/b13-11-,17-16-. The molecule has 0 aromatic rings. The molecule has 9 nitrogen and oxygen atoms in total. The molecule has 10 heteroatoms. The molecular weight excluding hydrogens is 617 g/mol. The summed E-state index contributed by atoms with van der Waals surface area (Å²) >= 11 is 0. The lowest BCUT2D eigenvalue weighted by atomic mass is 10.1. The number of phosphoric acid groups is 1. The first-order valence-corrected chi connectivity index (χ1v) is 20.3. The zero-order chi connectivity index (χ0) is 34.7. The lowest BCUT2D eigenvalue weighted by Gasteiger charge is -2.15. The molecule has 2 atom stereocenters. The molecule has 3 N–H and O–H groups in total. The normalized spacial score (nSPS) is 13.7. The molecule has 0 saturated heterocycles.